The number of rotatable bonds is 7. The van der Waals surface area contributed by atoms with Crippen molar-refractivity contribution in [1.82, 2.24) is 4.90 Å². The Morgan fingerprint density at radius 3 is 2.61 bits per heavy atom. The minimum absolute atomic E-state index is 0.131. The van der Waals surface area contributed by atoms with Crippen molar-refractivity contribution in [2.75, 3.05) is 11.9 Å². The van der Waals surface area contributed by atoms with E-state index in [0.29, 0.717) is 27.9 Å². The highest BCUT2D eigenvalue weighted by Gasteiger charge is 2.31. The van der Waals surface area contributed by atoms with Gasteiger partial charge in [-0.1, -0.05) is 30.0 Å². The molecule has 0 aliphatic carbocycles. The van der Waals surface area contributed by atoms with E-state index in [1.165, 1.54) is 28.8 Å². The van der Waals surface area contributed by atoms with Gasteiger partial charge in [0.1, 0.15) is 4.32 Å². The van der Waals surface area contributed by atoms with Crippen LogP contribution in [-0.4, -0.2) is 38.7 Å². The van der Waals surface area contributed by atoms with E-state index >= 15 is 0 Å². The molecule has 1 fully saturated rings. The van der Waals surface area contributed by atoms with Crippen molar-refractivity contribution in [2.24, 2.45) is 0 Å². The molecule has 1 aromatic heterocycles. The zero-order valence-electron chi connectivity index (χ0n) is 14.6. The third kappa shape index (κ3) is 5.06. The third-order valence-electron chi connectivity index (χ3n) is 3.89. The molecule has 28 heavy (non-hydrogen) atoms. The molecule has 0 saturated carbocycles. The van der Waals surface area contributed by atoms with Crippen molar-refractivity contribution in [3.05, 3.63) is 57.1 Å². The van der Waals surface area contributed by atoms with Crippen molar-refractivity contribution in [2.45, 2.75) is 12.8 Å². The second kappa shape index (κ2) is 9.13. The van der Waals surface area contributed by atoms with Crippen LogP contribution in [0.1, 0.15) is 28.1 Å². The van der Waals surface area contributed by atoms with Crippen molar-refractivity contribution in [3.8, 4) is 0 Å². The normalized spacial score (nSPS) is 15.3. The summed E-state index contributed by atoms with van der Waals surface area (Å²) in [5.74, 6) is -1.36. The van der Waals surface area contributed by atoms with E-state index in [4.69, 9.17) is 17.3 Å². The van der Waals surface area contributed by atoms with Gasteiger partial charge in [0.2, 0.25) is 5.91 Å². The quantitative estimate of drug-likeness (QED) is 0.507. The molecule has 2 amide bonds. The van der Waals surface area contributed by atoms with E-state index in [1.54, 1.807) is 23.5 Å². The van der Waals surface area contributed by atoms with Crippen molar-refractivity contribution >= 4 is 69.2 Å². The lowest BCUT2D eigenvalue weighted by Gasteiger charge is -2.14. The summed E-state index contributed by atoms with van der Waals surface area (Å²) in [5.41, 5.74) is 0.683. The van der Waals surface area contributed by atoms with Crippen LogP contribution in [-0.2, 0) is 9.59 Å². The average Bonchev–Trinajstić information content (AvgIpc) is 3.26. The van der Waals surface area contributed by atoms with Crippen LogP contribution in [0.3, 0.4) is 0 Å². The SMILES string of the molecule is O=C(CCCN1C(=O)/C(=C\c2cccs2)SC1=S)Nc1ccc(C(=O)O)cc1. The molecule has 0 spiro atoms. The summed E-state index contributed by atoms with van der Waals surface area (Å²) >= 11 is 8.11. The number of thiophene rings is 1. The topological polar surface area (TPSA) is 86.7 Å². The maximum atomic E-state index is 12.5. The number of benzene rings is 1. The summed E-state index contributed by atoms with van der Waals surface area (Å²) in [6, 6.07) is 9.79. The van der Waals surface area contributed by atoms with E-state index in [9.17, 15) is 14.4 Å². The molecule has 0 atom stereocenters. The van der Waals surface area contributed by atoms with Crippen molar-refractivity contribution < 1.29 is 19.5 Å². The number of carbonyl (C=O) groups excluding carboxylic acids is 2. The van der Waals surface area contributed by atoms with Gasteiger partial charge in [-0.2, -0.15) is 0 Å². The smallest absolute Gasteiger partial charge is 0.335 e. The van der Waals surface area contributed by atoms with Gasteiger partial charge in [0.15, 0.2) is 0 Å². The first-order valence-corrected chi connectivity index (χ1v) is 10.5. The fraction of sp³-hybridized carbons (Fsp3) is 0.158. The molecule has 1 saturated heterocycles. The first-order chi connectivity index (χ1) is 13.4. The number of thiocarbonyl (C=S) groups is 1. The lowest BCUT2D eigenvalue weighted by Crippen LogP contribution is -2.29. The predicted molar refractivity (Wildman–Crippen MR) is 115 cm³/mol. The van der Waals surface area contributed by atoms with Gasteiger partial charge >= 0.3 is 5.97 Å². The standard InChI is InChI=1S/C19H16N2O4S3/c22-16(20-13-7-5-12(6-8-13)18(24)25)4-1-9-21-17(23)15(28-19(21)26)11-14-3-2-10-27-14/h2-3,5-8,10-11H,1,4,9H2,(H,20,22)(H,24,25)/b15-11+. The zero-order valence-corrected chi connectivity index (χ0v) is 17.0. The number of thioether (sulfide) groups is 1. The maximum Gasteiger partial charge on any atom is 0.335 e. The van der Waals surface area contributed by atoms with Crippen LogP contribution in [0, 0.1) is 0 Å². The summed E-state index contributed by atoms with van der Waals surface area (Å²) in [6.07, 6.45) is 2.52. The second-order valence-electron chi connectivity index (χ2n) is 5.88. The highest BCUT2D eigenvalue weighted by Crippen LogP contribution is 2.33. The molecule has 2 heterocycles. The maximum absolute atomic E-state index is 12.5. The average molecular weight is 433 g/mol. The molecule has 0 unspecified atom stereocenters. The number of aromatic carboxylic acids is 1. The second-order valence-corrected chi connectivity index (χ2v) is 8.54. The molecule has 1 aliphatic rings. The Morgan fingerprint density at radius 2 is 1.96 bits per heavy atom. The molecule has 144 valence electrons. The van der Waals surface area contributed by atoms with Crippen LogP contribution in [0.15, 0.2) is 46.7 Å². The predicted octanol–water partition coefficient (Wildman–Crippen LogP) is 4.07. The van der Waals surface area contributed by atoms with E-state index in [2.05, 4.69) is 5.32 Å². The zero-order chi connectivity index (χ0) is 20.1. The number of carboxylic acids is 1. The first kappa shape index (κ1) is 20.2. The molecular formula is C19H16N2O4S3. The van der Waals surface area contributed by atoms with Crippen LogP contribution < -0.4 is 5.32 Å². The van der Waals surface area contributed by atoms with Gasteiger partial charge in [-0.3, -0.25) is 14.5 Å². The molecule has 3 rings (SSSR count). The Morgan fingerprint density at radius 1 is 1.21 bits per heavy atom. The Kier molecular flexibility index (Phi) is 6.61. The molecule has 0 bridgehead atoms. The number of anilines is 1. The van der Waals surface area contributed by atoms with Gasteiger partial charge in [-0.15, -0.1) is 11.3 Å². The van der Waals surface area contributed by atoms with E-state index in [0.717, 1.165) is 4.88 Å². The minimum atomic E-state index is -1.02. The Hall–Kier alpha value is -2.49. The molecular weight excluding hydrogens is 416 g/mol. The molecule has 2 aromatic rings. The van der Waals surface area contributed by atoms with Gasteiger partial charge in [0, 0.05) is 23.5 Å². The Bertz CT molecular complexity index is 937. The number of carboxylic acid groups (broad SMARTS) is 1. The summed E-state index contributed by atoms with van der Waals surface area (Å²) in [4.78, 5) is 38.5. The lowest BCUT2D eigenvalue weighted by molar-refractivity contribution is -0.122. The van der Waals surface area contributed by atoms with Gasteiger partial charge in [0.05, 0.1) is 10.5 Å². The highest BCUT2D eigenvalue weighted by molar-refractivity contribution is 8.26. The monoisotopic (exact) mass is 432 g/mol. The summed E-state index contributed by atoms with van der Waals surface area (Å²) in [6.45, 7) is 0.373. The van der Waals surface area contributed by atoms with Crippen LogP contribution in [0.4, 0.5) is 5.69 Å². The molecule has 9 heteroatoms. The summed E-state index contributed by atoms with van der Waals surface area (Å²) in [7, 11) is 0. The van der Waals surface area contributed by atoms with Gasteiger partial charge in [-0.05, 0) is 48.2 Å². The molecule has 1 aliphatic heterocycles. The van der Waals surface area contributed by atoms with Crippen LogP contribution in [0.25, 0.3) is 6.08 Å². The lowest BCUT2D eigenvalue weighted by atomic mass is 10.2. The van der Waals surface area contributed by atoms with E-state index < -0.39 is 5.97 Å². The number of nitrogens with one attached hydrogen (secondary N) is 1. The Labute approximate surface area is 175 Å². The molecule has 2 N–H and O–H groups in total. The summed E-state index contributed by atoms with van der Waals surface area (Å²) < 4.78 is 0.498. The fourth-order valence-electron chi connectivity index (χ4n) is 2.51. The molecule has 1 aromatic carbocycles. The third-order valence-corrected chi connectivity index (χ3v) is 6.09. The number of hydrogen-bond acceptors (Lipinski definition) is 6. The van der Waals surface area contributed by atoms with E-state index in [-0.39, 0.29) is 23.8 Å². The number of amides is 2. The highest BCUT2D eigenvalue weighted by atomic mass is 32.2. The van der Waals surface area contributed by atoms with Crippen molar-refractivity contribution in [1.29, 1.82) is 0 Å². The number of carbonyl (C=O) groups is 3. The Balaban J connectivity index is 1.49. The van der Waals surface area contributed by atoms with Gasteiger partial charge in [-0.25, -0.2) is 4.79 Å². The van der Waals surface area contributed by atoms with Crippen LogP contribution in [0.2, 0.25) is 0 Å². The number of hydrogen-bond donors (Lipinski definition) is 2. The van der Waals surface area contributed by atoms with Crippen LogP contribution >= 0.6 is 35.3 Å². The van der Waals surface area contributed by atoms with E-state index in [1.807, 2.05) is 23.6 Å². The first-order valence-electron chi connectivity index (χ1n) is 8.36. The van der Waals surface area contributed by atoms with Crippen molar-refractivity contribution in [3.63, 3.8) is 0 Å². The van der Waals surface area contributed by atoms with Gasteiger partial charge in [0.25, 0.3) is 5.91 Å². The number of nitrogens with zero attached hydrogens (tertiary/aromatic N) is 1. The van der Waals surface area contributed by atoms with Crippen LogP contribution in [0.5, 0.6) is 0 Å². The largest absolute Gasteiger partial charge is 0.478 e. The molecule has 0 radical (unpaired) electrons. The fourth-order valence-corrected chi connectivity index (χ4v) is 4.54. The minimum Gasteiger partial charge on any atom is -0.478 e. The molecule has 6 nitrogen and oxygen atoms in total. The van der Waals surface area contributed by atoms with Gasteiger partial charge < -0.3 is 10.4 Å². The summed E-state index contributed by atoms with van der Waals surface area (Å²) in [5, 5.41) is 13.5.